The van der Waals surface area contributed by atoms with E-state index < -0.39 is 0 Å². The molecule has 0 aliphatic carbocycles. The van der Waals surface area contributed by atoms with Gasteiger partial charge in [0.25, 0.3) is 5.91 Å². The fourth-order valence-corrected chi connectivity index (χ4v) is 3.05. The monoisotopic (exact) mass is 410 g/mol. The van der Waals surface area contributed by atoms with Gasteiger partial charge in [-0.3, -0.25) is 4.79 Å². The third kappa shape index (κ3) is 5.27. The van der Waals surface area contributed by atoms with E-state index in [4.69, 9.17) is 0 Å². The highest BCUT2D eigenvalue weighted by atomic mass is 16.2. The molecule has 0 aliphatic heterocycles. The van der Waals surface area contributed by atoms with Crippen LogP contribution in [0, 0.1) is 0 Å². The third-order valence-corrected chi connectivity index (χ3v) is 4.81. The number of amides is 1. The number of carbonyl (C=O) groups is 1. The van der Waals surface area contributed by atoms with Crippen molar-refractivity contribution in [2.24, 2.45) is 5.10 Å². The highest BCUT2D eigenvalue weighted by Crippen LogP contribution is 2.13. The number of benzene rings is 3. The molecule has 1 amide bonds. The van der Waals surface area contributed by atoms with Gasteiger partial charge in [-0.25, -0.2) is 5.43 Å². The van der Waals surface area contributed by atoms with Crippen molar-refractivity contribution in [2.75, 3.05) is 0 Å². The predicted molar refractivity (Wildman–Crippen MR) is 120 cm³/mol. The molecule has 1 N–H and O–H groups in total. The zero-order chi connectivity index (χ0) is 21.5. The summed E-state index contributed by atoms with van der Waals surface area (Å²) in [6, 6.07) is 27.0. The second-order valence-electron chi connectivity index (χ2n) is 7.12. The van der Waals surface area contributed by atoms with Crippen molar-refractivity contribution >= 4 is 12.1 Å². The maximum absolute atomic E-state index is 12.3. The normalized spacial score (nSPS) is 12.0. The number of aromatic nitrogens is 4. The minimum Gasteiger partial charge on any atom is -0.267 e. The summed E-state index contributed by atoms with van der Waals surface area (Å²) in [5.41, 5.74) is 6.14. The number of hydrogen-bond donors (Lipinski definition) is 1. The molecule has 1 aromatic heterocycles. The Morgan fingerprint density at radius 2 is 1.68 bits per heavy atom. The van der Waals surface area contributed by atoms with Crippen molar-refractivity contribution in [3.63, 3.8) is 0 Å². The number of nitrogens with zero attached hydrogens (tertiary/aromatic N) is 5. The highest BCUT2D eigenvalue weighted by Gasteiger charge is 2.08. The van der Waals surface area contributed by atoms with E-state index in [1.54, 1.807) is 18.3 Å². The molecule has 0 spiro atoms. The Hall–Kier alpha value is -4.13. The first-order chi connectivity index (χ1) is 15.2. The van der Waals surface area contributed by atoms with Gasteiger partial charge >= 0.3 is 0 Å². The van der Waals surface area contributed by atoms with Crippen LogP contribution in [-0.2, 0) is 6.54 Å². The van der Waals surface area contributed by atoms with Crippen molar-refractivity contribution in [3.05, 3.63) is 102 Å². The molecule has 0 aliphatic rings. The standard InChI is InChI=1S/C24H22N6O/c1-18(20-8-4-2-5-9-20)16-25-27-24(31)22-14-12-19(13-15-22)17-30-28-23(26-29-30)21-10-6-3-7-11-21/h2-16,18H,17H2,1H3,(H,27,31)/b25-16-/t18-/m0/s1. The second-order valence-corrected chi connectivity index (χ2v) is 7.12. The summed E-state index contributed by atoms with van der Waals surface area (Å²) in [4.78, 5) is 13.9. The molecule has 1 heterocycles. The molecule has 0 fully saturated rings. The van der Waals surface area contributed by atoms with Gasteiger partial charge in [-0.1, -0.05) is 79.7 Å². The lowest BCUT2D eigenvalue weighted by molar-refractivity contribution is 0.0955. The molecule has 31 heavy (non-hydrogen) atoms. The zero-order valence-corrected chi connectivity index (χ0v) is 17.1. The average molecular weight is 410 g/mol. The number of rotatable bonds is 7. The summed E-state index contributed by atoms with van der Waals surface area (Å²) in [5, 5.41) is 16.7. The molecule has 0 saturated heterocycles. The topological polar surface area (TPSA) is 85.1 Å². The van der Waals surface area contributed by atoms with Crippen molar-refractivity contribution in [1.29, 1.82) is 0 Å². The molecule has 7 heteroatoms. The molecule has 0 radical (unpaired) electrons. The molecule has 3 aromatic carbocycles. The van der Waals surface area contributed by atoms with Gasteiger partial charge in [-0.2, -0.15) is 9.90 Å². The lowest BCUT2D eigenvalue weighted by atomic mass is 10.0. The summed E-state index contributed by atoms with van der Waals surface area (Å²) in [6.45, 7) is 2.50. The Bertz CT molecular complexity index is 1150. The van der Waals surface area contributed by atoms with Crippen LogP contribution in [0.4, 0.5) is 0 Å². The first-order valence-electron chi connectivity index (χ1n) is 10.00. The third-order valence-electron chi connectivity index (χ3n) is 4.81. The Balaban J connectivity index is 1.33. The zero-order valence-electron chi connectivity index (χ0n) is 17.1. The number of hydrazone groups is 1. The maximum Gasteiger partial charge on any atom is 0.271 e. The molecule has 154 valence electrons. The van der Waals surface area contributed by atoms with Crippen molar-refractivity contribution in [3.8, 4) is 11.4 Å². The van der Waals surface area contributed by atoms with E-state index in [-0.39, 0.29) is 11.8 Å². The minimum absolute atomic E-state index is 0.111. The Labute approximate surface area is 180 Å². The first-order valence-corrected chi connectivity index (χ1v) is 10.00. The van der Waals surface area contributed by atoms with Crippen LogP contribution in [0.15, 0.2) is 90.0 Å². The lowest BCUT2D eigenvalue weighted by Crippen LogP contribution is -2.18. The summed E-state index contributed by atoms with van der Waals surface area (Å²) in [5.74, 6) is 0.437. The van der Waals surface area contributed by atoms with Gasteiger partial charge in [0.05, 0.1) is 6.54 Å². The Morgan fingerprint density at radius 1 is 1.00 bits per heavy atom. The molecule has 1 atom stereocenters. The predicted octanol–water partition coefficient (Wildman–Crippen LogP) is 3.91. The van der Waals surface area contributed by atoms with Crippen LogP contribution in [-0.4, -0.2) is 32.3 Å². The lowest BCUT2D eigenvalue weighted by Gasteiger charge is -2.06. The largest absolute Gasteiger partial charge is 0.271 e. The van der Waals surface area contributed by atoms with Crippen LogP contribution in [0.2, 0.25) is 0 Å². The highest BCUT2D eigenvalue weighted by molar-refractivity contribution is 5.94. The molecule has 0 bridgehead atoms. The van der Waals surface area contributed by atoms with Gasteiger partial charge in [-0.05, 0) is 28.5 Å². The molecule has 0 unspecified atom stereocenters. The fraction of sp³-hybridized carbons (Fsp3) is 0.125. The van der Waals surface area contributed by atoms with Gasteiger partial charge in [0.15, 0.2) is 0 Å². The maximum atomic E-state index is 12.3. The van der Waals surface area contributed by atoms with E-state index >= 15 is 0 Å². The molecule has 4 rings (SSSR count). The summed E-state index contributed by atoms with van der Waals surface area (Å²) >= 11 is 0. The van der Waals surface area contributed by atoms with E-state index in [0.717, 1.165) is 16.7 Å². The van der Waals surface area contributed by atoms with Crippen LogP contribution in [0.1, 0.15) is 34.3 Å². The fourth-order valence-electron chi connectivity index (χ4n) is 3.05. The number of hydrogen-bond acceptors (Lipinski definition) is 5. The Kier molecular flexibility index (Phi) is 6.23. The molecule has 0 saturated carbocycles. The number of tetrazole rings is 1. The average Bonchev–Trinajstić information content (AvgIpc) is 3.29. The van der Waals surface area contributed by atoms with Crippen molar-refractivity contribution in [2.45, 2.75) is 19.4 Å². The quantitative estimate of drug-likeness (QED) is 0.370. The van der Waals surface area contributed by atoms with Gasteiger partial charge in [0, 0.05) is 23.3 Å². The van der Waals surface area contributed by atoms with Crippen LogP contribution < -0.4 is 5.43 Å². The minimum atomic E-state index is -0.256. The van der Waals surface area contributed by atoms with E-state index in [2.05, 4.69) is 25.9 Å². The van der Waals surface area contributed by atoms with E-state index in [1.807, 2.05) is 79.7 Å². The van der Waals surface area contributed by atoms with Crippen LogP contribution in [0.25, 0.3) is 11.4 Å². The summed E-state index contributed by atoms with van der Waals surface area (Å²) < 4.78 is 0. The molecular weight excluding hydrogens is 388 g/mol. The van der Waals surface area contributed by atoms with Crippen LogP contribution in [0.3, 0.4) is 0 Å². The van der Waals surface area contributed by atoms with Crippen LogP contribution >= 0.6 is 0 Å². The summed E-state index contributed by atoms with van der Waals surface area (Å²) in [7, 11) is 0. The van der Waals surface area contributed by atoms with Crippen molar-refractivity contribution < 1.29 is 4.79 Å². The molecular formula is C24H22N6O. The Morgan fingerprint density at radius 3 is 2.39 bits per heavy atom. The summed E-state index contributed by atoms with van der Waals surface area (Å²) in [6.07, 6.45) is 1.72. The number of carbonyl (C=O) groups excluding carboxylic acids is 1. The van der Waals surface area contributed by atoms with Crippen LogP contribution in [0.5, 0.6) is 0 Å². The smallest absolute Gasteiger partial charge is 0.267 e. The van der Waals surface area contributed by atoms with E-state index in [0.29, 0.717) is 17.9 Å². The van der Waals surface area contributed by atoms with Gasteiger partial charge in [0.1, 0.15) is 0 Å². The second kappa shape index (κ2) is 9.58. The first kappa shape index (κ1) is 20.2. The van der Waals surface area contributed by atoms with Gasteiger partial charge in [0.2, 0.25) is 5.82 Å². The molecule has 4 aromatic rings. The van der Waals surface area contributed by atoms with Crippen molar-refractivity contribution in [1.82, 2.24) is 25.6 Å². The van der Waals surface area contributed by atoms with Gasteiger partial charge in [-0.15, -0.1) is 10.2 Å². The van der Waals surface area contributed by atoms with E-state index in [9.17, 15) is 4.79 Å². The number of nitrogens with one attached hydrogen (secondary N) is 1. The van der Waals surface area contributed by atoms with Gasteiger partial charge < -0.3 is 0 Å². The van der Waals surface area contributed by atoms with E-state index in [1.165, 1.54) is 4.80 Å². The SMILES string of the molecule is C[C@@H](/C=N\NC(=O)c1ccc(Cn2nnc(-c3ccccc3)n2)cc1)c1ccccc1. The molecule has 7 nitrogen and oxygen atoms in total.